The lowest BCUT2D eigenvalue weighted by Crippen LogP contribution is -2.37. The van der Waals surface area contributed by atoms with E-state index in [4.69, 9.17) is 16.3 Å². The first-order valence-corrected chi connectivity index (χ1v) is 11.7. The molecule has 1 aromatic heterocycles. The summed E-state index contributed by atoms with van der Waals surface area (Å²) in [4.78, 5) is 12.6. The number of aromatic nitrogens is 2. The summed E-state index contributed by atoms with van der Waals surface area (Å²) in [6.07, 6.45) is 1.00. The van der Waals surface area contributed by atoms with Crippen molar-refractivity contribution >= 4 is 49.7 Å². The Hall–Kier alpha value is -2.69. The number of hydrogen-bond acceptors (Lipinski definition) is 7. The Morgan fingerprint density at radius 2 is 1.90 bits per heavy atom. The van der Waals surface area contributed by atoms with Crippen molar-refractivity contribution in [2.75, 3.05) is 29.5 Å². The summed E-state index contributed by atoms with van der Waals surface area (Å²) >= 11 is 7.20. The molecule has 3 aromatic rings. The second kappa shape index (κ2) is 8.99. The van der Waals surface area contributed by atoms with Crippen molar-refractivity contribution in [3.8, 4) is 16.3 Å². The van der Waals surface area contributed by atoms with Gasteiger partial charge in [-0.15, -0.1) is 10.2 Å². The fourth-order valence-electron chi connectivity index (χ4n) is 2.61. The van der Waals surface area contributed by atoms with E-state index in [0.29, 0.717) is 10.0 Å². The topological polar surface area (TPSA) is 101 Å². The van der Waals surface area contributed by atoms with Gasteiger partial charge in [-0.2, -0.15) is 0 Å². The maximum absolute atomic E-state index is 12.6. The minimum atomic E-state index is -3.80. The van der Waals surface area contributed by atoms with Gasteiger partial charge >= 0.3 is 0 Å². The highest BCUT2D eigenvalue weighted by atomic mass is 35.5. The fourth-order valence-corrected chi connectivity index (χ4v) is 4.40. The highest BCUT2D eigenvalue weighted by Gasteiger charge is 2.25. The Morgan fingerprint density at radius 1 is 1.20 bits per heavy atom. The van der Waals surface area contributed by atoms with Crippen LogP contribution in [0, 0.1) is 6.92 Å². The molecule has 1 N–H and O–H groups in total. The Bertz CT molecular complexity index is 1160. The summed E-state index contributed by atoms with van der Waals surface area (Å²) in [5.41, 5.74) is 2.16. The molecule has 0 saturated carbocycles. The van der Waals surface area contributed by atoms with E-state index in [1.807, 2.05) is 31.2 Å². The number of benzene rings is 2. The second-order valence-electron chi connectivity index (χ2n) is 6.41. The zero-order valence-corrected chi connectivity index (χ0v) is 18.8. The normalized spacial score (nSPS) is 11.2. The third-order valence-corrected chi connectivity index (χ3v) is 6.32. The first-order chi connectivity index (χ1) is 14.2. The number of sulfonamides is 1. The molecule has 11 heteroatoms. The van der Waals surface area contributed by atoms with E-state index in [9.17, 15) is 13.2 Å². The number of anilines is 2. The van der Waals surface area contributed by atoms with Gasteiger partial charge in [0, 0.05) is 10.6 Å². The molecule has 0 aliphatic carbocycles. The molecule has 30 heavy (non-hydrogen) atoms. The Kier molecular flexibility index (Phi) is 6.59. The minimum Gasteiger partial charge on any atom is -0.495 e. The summed E-state index contributed by atoms with van der Waals surface area (Å²) in [5, 5.41) is 11.9. The van der Waals surface area contributed by atoms with Gasteiger partial charge in [0.2, 0.25) is 21.1 Å². The molecule has 0 unspecified atom stereocenters. The van der Waals surface area contributed by atoms with Crippen LogP contribution in [0.5, 0.6) is 5.75 Å². The van der Waals surface area contributed by atoms with Crippen molar-refractivity contribution in [3.05, 3.63) is 53.1 Å². The standard InChI is InChI=1S/C19H19ClN4O4S2/c1-12-4-6-13(7-5-12)18-22-23-19(29-18)21-17(25)11-24(30(3,26)27)15-10-14(20)8-9-16(15)28-2/h4-10H,11H2,1-3H3,(H,21,23,25). The van der Waals surface area contributed by atoms with Crippen LogP contribution in [0.25, 0.3) is 10.6 Å². The quantitative estimate of drug-likeness (QED) is 0.571. The summed E-state index contributed by atoms with van der Waals surface area (Å²) in [6.45, 7) is 1.51. The van der Waals surface area contributed by atoms with E-state index >= 15 is 0 Å². The Labute approximate surface area is 183 Å². The molecule has 158 valence electrons. The Balaban J connectivity index is 1.80. The maximum Gasteiger partial charge on any atom is 0.246 e. The zero-order valence-electron chi connectivity index (χ0n) is 16.4. The molecule has 1 heterocycles. The molecule has 0 fully saturated rings. The summed E-state index contributed by atoms with van der Waals surface area (Å²) < 4.78 is 30.8. The van der Waals surface area contributed by atoms with E-state index in [1.165, 1.54) is 30.6 Å². The van der Waals surface area contributed by atoms with Gasteiger partial charge < -0.3 is 4.74 Å². The average molecular weight is 467 g/mol. The van der Waals surface area contributed by atoms with Crippen LogP contribution in [-0.2, 0) is 14.8 Å². The van der Waals surface area contributed by atoms with Gasteiger partial charge in [0.05, 0.1) is 19.1 Å². The fraction of sp³-hybridized carbons (Fsp3) is 0.211. The van der Waals surface area contributed by atoms with Gasteiger partial charge in [-0.1, -0.05) is 52.8 Å². The molecule has 2 aromatic carbocycles. The molecule has 0 bridgehead atoms. The molecule has 1 amide bonds. The number of amides is 1. The summed E-state index contributed by atoms with van der Waals surface area (Å²) in [7, 11) is -2.39. The van der Waals surface area contributed by atoms with E-state index in [1.54, 1.807) is 6.07 Å². The van der Waals surface area contributed by atoms with Gasteiger partial charge in [-0.05, 0) is 25.1 Å². The second-order valence-corrected chi connectivity index (χ2v) is 9.73. The predicted octanol–water partition coefficient (Wildman–Crippen LogP) is 3.58. The lowest BCUT2D eigenvalue weighted by molar-refractivity contribution is -0.114. The van der Waals surface area contributed by atoms with Gasteiger partial charge in [0.25, 0.3) is 0 Å². The summed E-state index contributed by atoms with van der Waals surface area (Å²) in [6, 6.07) is 12.3. The number of carbonyl (C=O) groups excluding carboxylic acids is 1. The molecular weight excluding hydrogens is 448 g/mol. The molecule has 0 aliphatic heterocycles. The SMILES string of the molecule is COc1ccc(Cl)cc1N(CC(=O)Nc1nnc(-c2ccc(C)cc2)s1)S(C)(=O)=O. The first kappa shape index (κ1) is 22.0. The van der Waals surface area contributed by atoms with Crippen LogP contribution in [-0.4, -0.2) is 44.4 Å². The third-order valence-electron chi connectivity index (χ3n) is 4.07. The monoisotopic (exact) mass is 466 g/mol. The lowest BCUT2D eigenvalue weighted by atomic mass is 10.2. The highest BCUT2D eigenvalue weighted by molar-refractivity contribution is 7.92. The molecule has 3 rings (SSSR count). The number of methoxy groups -OCH3 is 1. The number of nitrogens with one attached hydrogen (secondary N) is 1. The minimum absolute atomic E-state index is 0.167. The van der Waals surface area contributed by atoms with Crippen LogP contribution in [0.2, 0.25) is 5.02 Å². The van der Waals surface area contributed by atoms with Crippen LogP contribution >= 0.6 is 22.9 Å². The molecule has 0 radical (unpaired) electrons. The molecule has 0 spiro atoms. The van der Waals surface area contributed by atoms with Crippen LogP contribution < -0.4 is 14.4 Å². The zero-order chi connectivity index (χ0) is 21.9. The van der Waals surface area contributed by atoms with Crippen LogP contribution in [0.3, 0.4) is 0 Å². The molecule has 0 saturated heterocycles. The van der Waals surface area contributed by atoms with Gasteiger partial charge in [-0.25, -0.2) is 8.42 Å². The number of carbonyl (C=O) groups is 1. The number of nitrogens with zero attached hydrogens (tertiary/aromatic N) is 3. The van der Waals surface area contributed by atoms with Crippen LogP contribution in [0.4, 0.5) is 10.8 Å². The van der Waals surface area contributed by atoms with Gasteiger partial charge in [-0.3, -0.25) is 14.4 Å². The molecule has 0 atom stereocenters. The molecule has 0 aliphatic rings. The average Bonchev–Trinajstić information content (AvgIpc) is 3.14. The highest BCUT2D eigenvalue weighted by Crippen LogP contribution is 2.33. The number of rotatable bonds is 7. The van der Waals surface area contributed by atoms with E-state index in [-0.39, 0.29) is 16.6 Å². The number of aryl methyl sites for hydroxylation is 1. The van der Waals surface area contributed by atoms with Crippen molar-refractivity contribution in [1.29, 1.82) is 0 Å². The predicted molar refractivity (Wildman–Crippen MR) is 119 cm³/mol. The molecular formula is C19H19ClN4O4S2. The Morgan fingerprint density at radius 3 is 2.53 bits per heavy atom. The smallest absolute Gasteiger partial charge is 0.246 e. The number of hydrogen-bond donors (Lipinski definition) is 1. The van der Waals surface area contributed by atoms with E-state index in [2.05, 4.69) is 15.5 Å². The first-order valence-electron chi connectivity index (χ1n) is 8.69. The number of halogens is 1. The van der Waals surface area contributed by atoms with Crippen LogP contribution in [0.15, 0.2) is 42.5 Å². The van der Waals surface area contributed by atoms with Gasteiger partial charge in [0.1, 0.15) is 17.3 Å². The van der Waals surface area contributed by atoms with E-state index in [0.717, 1.165) is 21.7 Å². The summed E-state index contributed by atoms with van der Waals surface area (Å²) in [5.74, 6) is -0.302. The van der Waals surface area contributed by atoms with Crippen molar-refractivity contribution < 1.29 is 17.9 Å². The molecule has 8 nitrogen and oxygen atoms in total. The van der Waals surface area contributed by atoms with Crippen molar-refractivity contribution in [1.82, 2.24) is 10.2 Å². The maximum atomic E-state index is 12.6. The van der Waals surface area contributed by atoms with Crippen LogP contribution in [0.1, 0.15) is 5.56 Å². The van der Waals surface area contributed by atoms with Crippen molar-refractivity contribution in [2.24, 2.45) is 0 Å². The van der Waals surface area contributed by atoms with E-state index < -0.39 is 22.5 Å². The lowest BCUT2D eigenvalue weighted by Gasteiger charge is -2.23. The van der Waals surface area contributed by atoms with Crippen molar-refractivity contribution in [2.45, 2.75) is 6.92 Å². The number of ether oxygens (including phenoxy) is 1. The van der Waals surface area contributed by atoms with Gasteiger partial charge in [0.15, 0.2) is 0 Å². The van der Waals surface area contributed by atoms with Crippen molar-refractivity contribution in [3.63, 3.8) is 0 Å². The third kappa shape index (κ3) is 5.26. The largest absolute Gasteiger partial charge is 0.495 e.